The molecule has 0 N–H and O–H groups in total. The van der Waals surface area contributed by atoms with Gasteiger partial charge in [-0.1, -0.05) is 29.8 Å². The molecule has 1 aromatic heterocycles. The first-order chi connectivity index (χ1) is 7.06. The lowest BCUT2D eigenvalue weighted by Gasteiger charge is -2.27. The zero-order chi connectivity index (χ0) is 11.4. The number of nitrogens with zero attached hydrogens (tertiary/aromatic N) is 3. The Balaban J connectivity index is 2.78. The average Bonchev–Trinajstić information content (AvgIpc) is 2.27. The highest BCUT2D eigenvalue weighted by atomic mass is 79.9. The van der Waals surface area contributed by atoms with Gasteiger partial charge in [0.2, 0.25) is 5.95 Å². The molecule has 0 aliphatic carbocycles. The highest BCUT2D eigenvalue weighted by Crippen LogP contribution is 2.14. The van der Waals surface area contributed by atoms with Crippen LogP contribution in [0.15, 0.2) is 12.4 Å². The van der Waals surface area contributed by atoms with Gasteiger partial charge in [-0.25, -0.2) is 9.97 Å². The molecule has 0 amide bonds. The van der Waals surface area contributed by atoms with Crippen molar-refractivity contribution >= 4 is 21.9 Å². The molecule has 4 heteroatoms. The Morgan fingerprint density at radius 1 is 1.27 bits per heavy atom. The third kappa shape index (κ3) is 3.16. The van der Waals surface area contributed by atoms with Crippen LogP contribution in [-0.4, -0.2) is 23.1 Å². The first-order valence-corrected chi connectivity index (χ1v) is 6.28. The van der Waals surface area contributed by atoms with Gasteiger partial charge in [-0.2, -0.15) is 0 Å². The lowest BCUT2D eigenvalue weighted by molar-refractivity contribution is 0.499. The summed E-state index contributed by atoms with van der Waals surface area (Å²) in [6, 6.07) is 0.444. The largest absolute Gasteiger partial charge is 0.341 e. The molecule has 0 fully saturated rings. The second-order valence-electron chi connectivity index (χ2n) is 4.12. The van der Waals surface area contributed by atoms with Gasteiger partial charge in [-0.15, -0.1) is 0 Å². The summed E-state index contributed by atoms with van der Waals surface area (Å²) in [5.74, 6) is 1.38. The van der Waals surface area contributed by atoms with Gasteiger partial charge in [0.05, 0.1) is 0 Å². The molecule has 1 aromatic rings. The Morgan fingerprint density at radius 2 is 1.80 bits per heavy atom. The van der Waals surface area contributed by atoms with Crippen LogP contribution in [0.25, 0.3) is 0 Å². The molecule has 0 aromatic carbocycles. The standard InChI is InChI=1S/C11H18BrN3/c1-8(2)9(3)15(4)11-13-6-10(5-12)7-14-11/h6-9H,5H2,1-4H3. The lowest BCUT2D eigenvalue weighted by atomic mass is 10.1. The Labute approximate surface area is 100 Å². The summed E-state index contributed by atoms with van der Waals surface area (Å²) in [6.07, 6.45) is 3.72. The van der Waals surface area contributed by atoms with Crippen LogP contribution in [0.1, 0.15) is 26.3 Å². The molecule has 1 heterocycles. The van der Waals surface area contributed by atoms with Gasteiger partial charge in [0.1, 0.15) is 0 Å². The van der Waals surface area contributed by atoms with Crippen LogP contribution >= 0.6 is 15.9 Å². The second kappa shape index (κ2) is 5.45. The third-order valence-electron chi connectivity index (χ3n) is 2.74. The van der Waals surface area contributed by atoms with E-state index in [2.05, 4.69) is 51.6 Å². The molecule has 1 rings (SSSR count). The van der Waals surface area contributed by atoms with E-state index in [9.17, 15) is 0 Å². The molecular weight excluding hydrogens is 254 g/mol. The van der Waals surface area contributed by atoms with Crippen LogP contribution in [0.2, 0.25) is 0 Å². The molecule has 15 heavy (non-hydrogen) atoms. The minimum atomic E-state index is 0.444. The summed E-state index contributed by atoms with van der Waals surface area (Å²) < 4.78 is 0. The summed E-state index contributed by atoms with van der Waals surface area (Å²) in [4.78, 5) is 10.8. The predicted molar refractivity (Wildman–Crippen MR) is 67.4 cm³/mol. The van der Waals surface area contributed by atoms with E-state index in [1.807, 2.05) is 19.4 Å². The Bertz CT molecular complexity index is 297. The van der Waals surface area contributed by atoms with Crippen molar-refractivity contribution in [2.75, 3.05) is 11.9 Å². The molecule has 3 nitrogen and oxygen atoms in total. The molecule has 0 saturated carbocycles. The van der Waals surface area contributed by atoms with E-state index < -0.39 is 0 Å². The van der Waals surface area contributed by atoms with E-state index in [1.54, 1.807) is 0 Å². The van der Waals surface area contributed by atoms with Crippen LogP contribution in [0.4, 0.5) is 5.95 Å². The lowest BCUT2D eigenvalue weighted by Crippen LogP contribution is -2.34. The number of hydrogen-bond acceptors (Lipinski definition) is 3. The van der Waals surface area contributed by atoms with Gasteiger partial charge in [0, 0.05) is 30.8 Å². The topological polar surface area (TPSA) is 29.0 Å². The number of aromatic nitrogens is 2. The molecular formula is C11H18BrN3. The van der Waals surface area contributed by atoms with Gasteiger partial charge < -0.3 is 4.90 Å². The molecule has 84 valence electrons. The number of rotatable bonds is 4. The Hall–Kier alpha value is -0.640. The van der Waals surface area contributed by atoms with Crippen molar-refractivity contribution in [3.8, 4) is 0 Å². The van der Waals surface area contributed by atoms with Crippen molar-refractivity contribution in [1.82, 2.24) is 9.97 Å². The number of hydrogen-bond donors (Lipinski definition) is 0. The third-order valence-corrected chi connectivity index (χ3v) is 3.38. The van der Waals surface area contributed by atoms with Crippen LogP contribution in [0.5, 0.6) is 0 Å². The zero-order valence-corrected chi connectivity index (χ0v) is 11.3. The highest BCUT2D eigenvalue weighted by molar-refractivity contribution is 9.08. The number of anilines is 1. The molecule has 1 unspecified atom stereocenters. The van der Waals surface area contributed by atoms with Crippen molar-refractivity contribution in [2.24, 2.45) is 5.92 Å². The van der Waals surface area contributed by atoms with Crippen LogP contribution in [-0.2, 0) is 5.33 Å². The van der Waals surface area contributed by atoms with Gasteiger partial charge in [-0.05, 0) is 18.4 Å². The number of alkyl halides is 1. The maximum absolute atomic E-state index is 4.34. The Kier molecular flexibility index (Phi) is 4.51. The average molecular weight is 272 g/mol. The molecule has 1 atom stereocenters. The summed E-state index contributed by atoms with van der Waals surface area (Å²) in [6.45, 7) is 6.59. The van der Waals surface area contributed by atoms with Crippen molar-refractivity contribution in [2.45, 2.75) is 32.1 Å². The molecule has 0 bridgehead atoms. The number of halogens is 1. The first-order valence-electron chi connectivity index (χ1n) is 5.16. The van der Waals surface area contributed by atoms with E-state index in [4.69, 9.17) is 0 Å². The second-order valence-corrected chi connectivity index (χ2v) is 4.68. The fraction of sp³-hybridized carbons (Fsp3) is 0.636. The highest BCUT2D eigenvalue weighted by Gasteiger charge is 2.15. The van der Waals surface area contributed by atoms with Crippen LogP contribution in [0.3, 0.4) is 0 Å². The SMILES string of the molecule is CC(C)C(C)N(C)c1ncc(CBr)cn1. The molecule has 0 saturated heterocycles. The minimum Gasteiger partial charge on any atom is -0.341 e. The maximum Gasteiger partial charge on any atom is 0.225 e. The van der Waals surface area contributed by atoms with E-state index in [0.717, 1.165) is 16.8 Å². The van der Waals surface area contributed by atoms with Crippen molar-refractivity contribution in [3.05, 3.63) is 18.0 Å². The fourth-order valence-electron chi connectivity index (χ4n) is 1.23. The van der Waals surface area contributed by atoms with Crippen LogP contribution in [0, 0.1) is 5.92 Å². The van der Waals surface area contributed by atoms with Gasteiger partial charge in [0.15, 0.2) is 0 Å². The molecule has 0 aliphatic rings. The van der Waals surface area contributed by atoms with Crippen molar-refractivity contribution < 1.29 is 0 Å². The normalized spacial score (nSPS) is 12.9. The van der Waals surface area contributed by atoms with Gasteiger partial charge in [0.25, 0.3) is 0 Å². The Morgan fingerprint density at radius 3 is 2.20 bits per heavy atom. The summed E-state index contributed by atoms with van der Waals surface area (Å²) >= 11 is 3.38. The summed E-state index contributed by atoms with van der Waals surface area (Å²) in [5, 5.41) is 0.802. The van der Waals surface area contributed by atoms with Crippen molar-refractivity contribution in [1.29, 1.82) is 0 Å². The smallest absolute Gasteiger partial charge is 0.225 e. The van der Waals surface area contributed by atoms with Crippen LogP contribution < -0.4 is 4.90 Å². The predicted octanol–water partition coefficient (Wildman–Crippen LogP) is 2.85. The molecule has 0 radical (unpaired) electrons. The summed E-state index contributed by atoms with van der Waals surface area (Å²) in [7, 11) is 2.04. The van der Waals surface area contributed by atoms with E-state index in [1.165, 1.54) is 0 Å². The first kappa shape index (κ1) is 12.4. The quantitative estimate of drug-likeness (QED) is 0.789. The minimum absolute atomic E-state index is 0.444. The fourth-order valence-corrected chi connectivity index (χ4v) is 1.52. The van der Waals surface area contributed by atoms with Crippen molar-refractivity contribution in [3.63, 3.8) is 0 Å². The molecule has 0 spiro atoms. The zero-order valence-electron chi connectivity index (χ0n) is 9.74. The van der Waals surface area contributed by atoms with E-state index >= 15 is 0 Å². The monoisotopic (exact) mass is 271 g/mol. The van der Waals surface area contributed by atoms with E-state index in [0.29, 0.717) is 12.0 Å². The van der Waals surface area contributed by atoms with E-state index in [-0.39, 0.29) is 0 Å². The van der Waals surface area contributed by atoms with Gasteiger partial charge in [-0.3, -0.25) is 0 Å². The summed E-state index contributed by atoms with van der Waals surface area (Å²) in [5.41, 5.74) is 1.10. The maximum atomic E-state index is 4.34. The molecule has 0 aliphatic heterocycles. The van der Waals surface area contributed by atoms with Gasteiger partial charge >= 0.3 is 0 Å².